The van der Waals surface area contributed by atoms with E-state index in [-0.39, 0.29) is 6.17 Å². The molecule has 0 amide bonds. The fraction of sp³-hybridized carbons (Fsp3) is 0.0488. The normalized spacial score (nSPS) is 15.7. The molecule has 0 spiro atoms. The summed E-state index contributed by atoms with van der Waals surface area (Å²) in [5, 5.41) is 9.14. The molecule has 0 bridgehead atoms. The van der Waals surface area contributed by atoms with E-state index in [0.717, 1.165) is 51.7 Å². The monoisotopic (exact) mass is 593 g/mol. The molecule has 0 fully saturated rings. The van der Waals surface area contributed by atoms with Gasteiger partial charge in [0.1, 0.15) is 12.0 Å². The van der Waals surface area contributed by atoms with Crippen LogP contribution in [0, 0.1) is 0 Å². The maximum atomic E-state index is 5.04. The van der Waals surface area contributed by atoms with Crippen LogP contribution >= 0.6 is 0 Å². The maximum Gasteiger partial charge on any atom is 0.159 e. The van der Waals surface area contributed by atoms with Crippen LogP contribution < -0.4 is 10.6 Å². The third-order valence-corrected chi connectivity index (χ3v) is 8.48. The van der Waals surface area contributed by atoms with Crippen molar-refractivity contribution in [2.24, 2.45) is 15.0 Å². The zero-order valence-corrected chi connectivity index (χ0v) is 25.1. The molecule has 220 valence electrons. The number of hydrogen-bond donors (Lipinski definition) is 2. The maximum absolute atomic E-state index is 5.04. The molecule has 6 aromatic rings. The molecule has 2 heterocycles. The summed E-state index contributed by atoms with van der Waals surface area (Å²) in [6.45, 7) is 0.801. The van der Waals surface area contributed by atoms with E-state index in [4.69, 9.17) is 9.98 Å². The Labute approximate surface area is 268 Å². The van der Waals surface area contributed by atoms with Crippen molar-refractivity contribution in [3.8, 4) is 22.3 Å². The standard InChI is InChI=1S/C41H31N5/c1-3-9-31(10-4-1)39-44-40(32-11-5-2-6-12-32)46-41(45-39)33-21-17-29(18-22-33)35-24-23-34(36-13-7-8-14-37(35)36)28-15-19-30(20-16-28)38-25-26-42-27-43-38/h1-25,27,41H,26H2,(H,42,43)(H,44,45,46). The van der Waals surface area contributed by atoms with E-state index in [1.807, 2.05) is 36.4 Å². The van der Waals surface area contributed by atoms with Crippen molar-refractivity contribution in [2.45, 2.75) is 6.17 Å². The van der Waals surface area contributed by atoms with Gasteiger partial charge >= 0.3 is 0 Å². The van der Waals surface area contributed by atoms with Gasteiger partial charge in [0.25, 0.3) is 0 Å². The predicted octanol–water partition coefficient (Wildman–Crippen LogP) is 8.64. The van der Waals surface area contributed by atoms with Crippen molar-refractivity contribution in [1.29, 1.82) is 0 Å². The summed E-state index contributed by atoms with van der Waals surface area (Å²) in [6.07, 6.45) is 3.61. The fourth-order valence-corrected chi connectivity index (χ4v) is 6.12. The van der Waals surface area contributed by atoms with E-state index in [0.29, 0.717) is 0 Å². The molecule has 0 saturated heterocycles. The third kappa shape index (κ3) is 5.39. The molecule has 2 aliphatic rings. The van der Waals surface area contributed by atoms with E-state index in [1.165, 1.54) is 27.5 Å². The summed E-state index contributed by atoms with van der Waals surface area (Å²) in [5.74, 6) is 1.54. The van der Waals surface area contributed by atoms with Crippen LogP contribution in [0.1, 0.15) is 28.4 Å². The highest BCUT2D eigenvalue weighted by atomic mass is 15.2. The number of benzene rings is 6. The highest BCUT2D eigenvalue weighted by molar-refractivity contribution is 6.13. The van der Waals surface area contributed by atoms with Crippen LogP contribution in [0.2, 0.25) is 0 Å². The number of hydrogen-bond acceptors (Lipinski definition) is 5. The van der Waals surface area contributed by atoms with Crippen molar-refractivity contribution >= 4 is 34.5 Å². The van der Waals surface area contributed by atoms with Crippen molar-refractivity contribution < 1.29 is 0 Å². The second-order valence-corrected chi connectivity index (χ2v) is 11.4. The van der Waals surface area contributed by atoms with E-state index >= 15 is 0 Å². The number of rotatable bonds is 6. The third-order valence-electron chi connectivity index (χ3n) is 8.48. The van der Waals surface area contributed by atoms with Gasteiger partial charge in [0.05, 0.1) is 12.0 Å². The molecule has 5 nitrogen and oxygen atoms in total. The first-order valence-electron chi connectivity index (χ1n) is 15.5. The average Bonchev–Trinajstić information content (AvgIpc) is 3.15. The van der Waals surface area contributed by atoms with Crippen molar-refractivity contribution in [2.75, 3.05) is 6.54 Å². The average molecular weight is 594 g/mol. The Hall–Kier alpha value is -6.07. The minimum atomic E-state index is -0.259. The number of fused-ring (bicyclic) bond motifs is 1. The van der Waals surface area contributed by atoms with Crippen LogP contribution in [0.3, 0.4) is 0 Å². The van der Waals surface area contributed by atoms with Gasteiger partial charge < -0.3 is 10.6 Å². The van der Waals surface area contributed by atoms with Gasteiger partial charge in [0.2, 0.25) is 0 Å². The highest BCUT2D eigenvalue weighted by Crippen LogP contribution is 2.36. The highest BCUT2D eigenvalue weighted by Gasteiger charge is 2.21. The summed E-state index contributed by atoms with van der Waals surface area (Å²) in [7, 11) is 0. The molecule has 0 aliphatic carbocycles. The minimum absolute atomic E-state index is 0.259. The molecule has 5 heteroatoms. The summed E-state index contributed by atoms with van der Waals surface area (Å²) < 4.78 is 0. The lowest BCUT2D eigenvalue weighted by molar-refractivity contribution is 0.674. The van der Waals surface area contributed by atoms with Crippen molar-refractivity contribution in [3.63, 3.8) is 0 Å². The molecule has 0 aromatic heterocycles. The van der Waals surface area contributed by atoms with Gasteiger partial charge in [0, 0.05) is 17.7 Å². The van der Waals surface area contributed by atoms with Crippen LogP contribution in [-0.2, 0) is 0 Å². The van der Waals surface area contributed by atoms with Crippen LogP contribution in [-0.4, -0.2) is 24.6 Å². The Balaban J connectivity index is 1.11. The smallest absolute Gasteiger partial charge is 0.159 e. The number of amidine groups is 2. The van der Waals surface area contributed by atoms with Gasteiger partial charge in [-0.1, -0.05) is 146 Å². The van der Waals surface area contributed by atoms with Gasteiger partial charge in [0.15, 0.2) is 5.84 Å². The van der Waals surface area contributed by atoms with E-state index in [2.05, 4.69) is 131 Å². The second kappa shape index (κ2) is 12.1. The lowest BCUT2D eigenvalue weighted by Crippen LogP contribution is -2.33. The first-order valence-corrected chi connectivity index (χ1v) is 15.5. The van der Waals surface area contributed by atoms with Crippen molar-refractivity contribution in [3.05, 3.63) is 174 Å². The van der Waals surface area contributed by atoms with Gasteiger partial charge in [-0.05, 0) is 50.2 Å². The molecule has 1 atom stereocenters. The lowest BCUT2D eigenvalue weighted by Gasteiger charge is -2.24. The fourth-order valence-electron chi connectivity index (χ4n) is 6.12. The Bertz CT molecular complexity index is 2140. The number of nitrogens with one attached hydrogen (secondary N) is 2. The predicted molar refractivity (Wildman–Crippen MR) is 191 cm³/mol. The summed E-state index contributed by atoms with van der Waals surface area (Å²) in [5.41, 5.74) is 10.0. The Kier molecular flexibility index (Phi) is 7.25. The molecule has 2 aliphatic heterocycles. The topological polar surface area (TPSA) is 61.1 Å². The molecule has 2 N–H and O–H groups in total. The lowest BCUT2D eigenvalue weighted by atomic mass is 9.91. The largest absolute Gasteiger partial charge is 0.373 e. The van der Waals surface area contributed by atoms with Crippen LogP contribution in [0.4, 0.5) is 0 Å². The van der Waals surface area contributed by atoms with Gasteiger partial charge in [-0.25, -0.2) is 15.0 Å². The molecule has 0 saturated carbocycles. The second-order valence-electron chi connectivity index (χ2n) is 11.4. The van der Waals surface area contributed by atoms with Crippen LogP contribution in [0.25, 0.3) is 38.7 Å². The Morgan fingerprint density at radius 1 is 0.522 bits per heavy atom. The SMILES string of the molecule is C1=NC(c2ccc(-c3ccc(-c4ccc(C5N=C(c6ccccc6)N=C(c6ccccc6)N5)cc4)c4ccccc34)cc2)=CCN1. The van der Waals surface area contributed by atoms with Crippen molar-refractivity contribution in [1.82, 2.24) is 10.6 Å². The zero-order valence-electron chi connectivity index (χ0n) is 25.1. The first-order chi connectivity index (χ1) is 22.8. The summed E-state index contributed by atoms with van der Waals surface area (Å²) in [6, 6.07) is 51.0. The molecular weight excluding hydrogens is 562 g/mol. The van der Waals surface area contributed by atoms with E-state index in [1.54, 1.807) is 6.34 Å². The number of aliphatic imine (C=N–C) groups is 3. The zero-order chi connectivity index (χ0) is 30.7. The molecule has 0 radical (unpaired) electrons. The molecule has 8 rings (SSSR count). The molecule has 6 aromatic carbocycles. The van der Waals surface area contributed by atoms with Gasteiger partial charge in [-0.3, -0.25) is 0 Å². The van der Waals surface area contributed by atoms with Gasteiger partial charge in [-0.2, -0.15) is 0 Å². The van der Waals surface area contributed by atoms with Gasteiger partial charge in [-0.15, -0.1) is 0 Å². The summed E-state index contributed by atoms with van der Waals surface area (Å²) >= 11 is 0. The van der Waals surface area contributed by atoms with Crippen LogP contribution in [0.5, 0.6) is 0 Å². The van der Waals surface area contributed by atoms with E-state index < -0.39 is 0 Å². The number of nitrogens with zero attached hydrogens (tertiary/aromatic N) is 3. The quantitative estimate of drug-likeness (QED) is 0.203. The Morgan fingerprint density at radius 3 is 1.70 bits per heavy atom. The van der Waals surface area contributed by atoms with E-state index in [9.17, 15) is 0 Å². The molecule has 1 unspecified atom stereocenters. The minimum Gasteiger partial charge on any atom is -0.373 e. The summed E-state index contributed by atoms with van der Waals surface area (Å²) in [4.78, 5) is 14.4. The Morgan fingerprint density at radius 2 is 1.09 bits per heavy atom. The van der Waals surface area contributed by atoms with Crippen LogP contribution in [0.15, 0.2) is 167 Å². The molecule has 46 heavy (non-hydrogen) atoms. The molecular formula is C41H31N5. The first kappa shape index (κ1) is 27.5.